The lowest BCUT2D eigenvalue weighted by Crippen LogP contribution is -2.36. The second-order valence-electron chi connectivity index (χ2n) is 32.7. The van der Waals surface area contributed by atoms with Crippen LogP contribution in [0.4, 0.5) is 16.4 Å². The molecule has 2 atom stereocenters. The smallest absolute Gasteiger partial charge is 0.308 e. The second kappa shape index (κ2) is 42.6. The molecule has 7 N–H and O–H groups in total. The Labute approximate surface area is 833 Å². The number of aryl methyl sites for hydroxylation is 2. The van der Waals surface area contributed by atoms with E-state index in [1.807, 2.05) is 106 Å². The van der Waals surface area contributed by atoms with Crippen LogP contribution in [-0.2, 0) is 33.6 Å². The minimum Gasteiger partial charge on any atom is -0.504 e. The molecule has 0 saturated carbocycles. The fraction of sp³-hybridized carbons (Fsp3) is 0.188. The maximum Gasteiger partial charge on any atom is 0.308 e. The molecule has 35 nitrogen and oxygen atoms in total. The van der Waals surface area contributed by atoms with Crippen LogP contribution in [-0.4, -0.2) is 162 Å². The number of nitrogens with one attached hydrogen (secondary N) is 2. The van der Waals surface area contributed by atoms with Gasteiger partial charge in [0.15, 0.2) is 23.1 Å². The molecule has 7 aromatic heterocycles. The third-order valence-electron chi connectivity index (χ3n) is 23.0. The number of para-hydroxylation sites is 4. The van der Waals surface area contributed by atoms with Crippen LogP contribution < -0.4 is 55.8 Å². The summed E-state index contributed by atoms with van der Waals surface area (Å²) in [5.41, 5.74) is 15.4. The topological polar surface area (TPSA) is 479 Å². The molecule has 7 aromatic carbocycles. The number of fused-ring (bicyclic) bond motifs is 6. The molecule has 0 bridgehead atoms. The van der Waals surface area contributed by atoms with Gasteiger partial charge in [-0.15, -0.1) is 38.0 Å². The van der Waals surface area contributed by atoms with Crippen molar-refractivity contribution in [1.82, 2.24) is 49.4 Å². The largest absolute Gasteiger partial charge is 0.504 e. The number of imide groups is 1. The van der Waals surface area contributed by atoms with E-state index in [-0.39, 0.29) is 92.5 Å². The third kappa shape index (κ3) is 20.5. The fourth-order valence-corrected chi connectivity index (χ4v) is 21.1. The lowest BCUT2D eigenvalue weighted by atomic mass is 9.85. The van der Waals surface area contributed by atoms with E-state index >= 15 is 0 Å². The molecule has 718 valence electrons. The normalized spacial score (nSPS) is 16.0. The van der Waals surface area contributed by atoms with E-state index in [0.29, 0.717) is 135 Å². The number of likely N-dealkylation sites (tertiary alicyclic amines) is 1. The first kappa shape index (κ1) is 98.8. The average molecular weight is 2020 g/mol. The Morgan fingerprint density at radius 1 is 0.620 bits per heavy atom. The van der Waals surface area contributed by atoms with Crippen LogP contribution in [0.5, 0.6) is 28.7 Å². The molecule has 6 aliphatic heterocycles. The van der Waals surface area contributed by atoms with Gasteiger partial charge in [-0.3, -0.25) is 67.5 Å². The van der Waals surface area contributed by atoms with Gasteiger partial charge in [-0.2, -0.15) is 24.1 Å². The van der Waals surface area contributed by atoms with Gasteiger partial charge in [0.2, 0.25) is 27.5 Å². The number of nitrogens with two attached hydrogens (primary N) is 1. The highest BCUT2D eigenvalue weighted by Crippen LogP contribution is 2.45. The van der Waals surface area contributed by atoms with Crippen molar-refractivity contribution in [1.29, 1.82) is 0 Å². The van der Waals surface area contributed by atoms with Crippen molar-refractivity contribution in [3.05, 3.63) is 294 Å². The first-order valence-corrected chi connectivity index (χ1v) is 48.1. The number of amidine groups is 2. The summed E-state index contributed by atoms with van der Waals surface area (Å²) in [7, 11) is 0. The number of phenolic OH excluding ortho intramolecular Hbond substituents is 3. The zero-order chi connectivity index (χ0) is 101. The molecule has 14 aromatic rings. The summed E-state index contributed by atoms with van der Waals surface area (Å²) in [6.45, 7) is 14.8. The Morgan fingerprint density at radius 3 is 1.77 bits per heavy atom. The molecule has 13 heterocycles. The number of aromatic nitrogens is 8. The van der Waals surface area contributed by atoms with Gasteiger partial charge in [-0.05, 0) is 131 Å². The molecule has 7 amide bonds. The van der Waals surface area contributed by atoms with Crippen molar-refractivity contribution in [2.24, 2.45) is 37.8 Å². The molecule has 7 aliphatic rings. The van der Waals surface area contributed by atoms with Gasteiger partial charge in [-0.1, -0.05) is 175 Å². The van der Waals surface area contributed by atoms with Gasteiger partial charge < -0.3 is 51.0 Å². The number of carbonyl (C=O) groups is 10. The van der Waals surface area contributed by atoms with E-state index in [1.165, 1.54) is 82.4 Å². The SMILES string of the molecule is CC(=O)CN1C(=O)/C(=c2\sc3nc(-c4ccccc4OC(C)=O)nn3c2=O)c2ccccc21.CC1=C(c2ccccc2)C(c2ccc(O)c(O)c2O)=NC1.CCCCN1C(=O)/C(=c2\sc3nc(-c4ccccc4OC(C)=O)nn3c2=O)c2ccccc21.Cc1ccc2c(Cl)c(C(=O)NC3=NN=CC3)sc2c1.Cc1sc(NC(=O)c2cnccn2)c(C(N)=O)c1C.O=C1C2CC=C(Cl)CC2C(=O)N1C1=NC=CC1. The zero-order valence-electron chi connectivity index (χ0n) is 76.8. The van der Waals surface area contributed by atoms with Gasteiger partial charge in [0, 0.05) is 100 Å². The number of esters is 2. The summed E-state index contributed by atoms with van der Waals surface area (Å²) >= 11 is 17.1. The van der Waals surface area contributed by atoms with Gasteiger partial charge >= 0.3 is 11.9 Å². The number of allylic oxidation sites excluding steroid dienone is 3. The van der Waals surface area contributed by atoms with Crippen LogP contribution in [0.2, 0.25) is 5.02 Å². The number of anilines is 3. The Morgan fingerprint density at radius 2 is 1.21 bits per heavy atom. The number of hydrogen-bond acceptors (Lipinski definition) is 31. The molecule has 142 heavy (non-hydrogen) atoms. The van der Waals surface area contributed by atoms with Crippen LogP contribution in [0.1, 0.15) is 142 Å². The van der Waals surface area contributed by atoms with Crippen LogP contribution in [0.15, 0.2) is 235 Å². The van der Waals surface area contributed by atoms with E-state index in [1.54, 1.807) is 103 Å². The van der Waals surface area contributed by atoms with Gasteiger partial charge in [0.25, 0.3) is 40.7 Å². The molecular formula is C101H84Cl2N18O17S4. The van der Waals surface area contributed by atoms with E-state index in [9.17, 15) is 72.9 Å². The van der Waals surface area contributed by atoms with E-state index < -0.39 is 46.5 Å². The molecule has 21 rings (SSSR count). The monoisotopic (exact) mass is 2020 g/mol. The number of halogens is 2. The second-order valence-corrected chi connectivity index (χ2v) is 37.8. The number of Topliss-reactive ketones (excluding diaryl/α,β-unsaturated/α-hetero) is 1. The maximum atomic E-state index is 13.3. The summed E-state index contributed by atoms with van der Waals surface area (Å²) in [6, 6.07) is 46.9. The van der Waals surface area contributed by atoms with Crippen LogP contribution >= 0.6 is 68.5 Å². The summed E-state index contributed by atoms with van der Waals surface area (Å²) < 4.78 is 14.3. The summed E-state index contributed by atoms with van der Waals surface area (Å²) in [5, 5.41) is 53.3. The van der Waals surface area contributed by atoms with Crippen molar-refractivity contribution in [2.45, 2.75) is 93.9 Å². The highest BCUT2D eigenvalue weighted by Gasteiger charge is 2.50. The zero-order valence-corrected chi connectivity index (χ0v) is 81.6. The van der Waals surface area contributed by atoms with Crippen LogP contribution in [0.3, 0.4) is 0 Å². The standard InChI is InChI=1S/C24H20N4O4S.C23H16N4O5S.C17H15NO3.C13H10ClN3OS.C12H11ClN2O2.C12H12N4O2S/c1-3-4-13-27-17-11-7-5-9-15(17)19(22(27)30)20-23(31)28-24(33-20)25-21(26-28)16-10-6-8-12-18(16)32-14(2)29;1-12(28)11-26-16-9-5-3-7-14(16)18(21(26)30)19-22(31)27-23(33-19)24-20(25-27)15-8-4-6-10-17(15)32-13(2)29;1-10-9-18-15(14(10)11-5-3-2-4-6-11)12-7-8-13(19)17(21)16(12)20;1-7-2-3-8-9(6-7)19-12(11(8)14)13(18)16-10-4-5-15-17-10;13-7-3-4-8-9(6-7)12(17)15(11(8)16)10-2-1-5-14-10;1-6-7(2)19-12(9(6)10(13)17)16-11(18)8-5-14-3-4-15-8/h5-12H,3-4,13H2,1-2H3;3-10H,11H2,1-2H3;2-8,19-21H,9H2,1H3;2-3,5-6H,4H2,1H3,(H,16,17,18);1,3,5,8-9H,2,4,6H2;3-5H,1-2H3,(H2,13,17)(H,16,18)/b20-19-;19-18-;;;;. The number of aromatic hydroxyl groups is 3. The number of benzene rings is 7. The first-order chi connectivity index (χ1) is 68.3. The van der Waals surface area contributed by atoms with E-state index in [2.05, 4.69) is 67.9 Å². The average Bonchev–Trinajstić information content (AvgIpc) is 1.58. The molecule has 1 fully saturated rings. The Kier molecular flexibility index (Phi) is 29.7. The number of ether oxygens (including phenoxy) is 2. The molecule has 1 saturated heterocycles. The molecule has 0 radical (unpaired) electrons. The van der Waals surface area contributed by atoms with E-state index in [4.69, 9.17) is 38.4 Å². The number of thiophene rings is 2. The predicted octanol–water partition coefficient (Wildman–Crippen LogP) is 14.2. The van der Waals surface area contributed by atoms with Gasteiger partial charge in [0.05, 0.1) is 81.1 Å². The number of primary amides is 1. The van der Waals surface area contributed by atoms with Crippen LogP contribution in [0.25, 0.3) is 59.5 Å². The third-order valence-corrected chi connectivity index (χ3v) is 28.1. The Balaban J connectivity index is 0.000000125. The Hall–Kier alpha value is -16.2. The molecule has 1 aliphatic carbocycles. The van der Waals surface area contributed by atoms with Gasteiger partial charge in [-0.25, -0.2) is 14.9 Å². The number of aliphatic imine (C=N–C) groups is 2. The number of ketones is 1. The number of unbranched alkanes of at least 4 members (excludes halogenated alkanes) is 1. The summed E-state index contributed by atoms with van der Waals surface area (Å²) in [4.78, 5) is 179. The number of amides is 7. The van der Waals surface area contributed by atoms with Crippen molar-refractivity contribution in [2.75, 3.05) is 34.8 Å². The lowest BCUT2D eigenvalue weighted by Gasteiger charge is -2.17. The minimum atomic E-state index is -0.559. The van der Waals surface area contributed by atoms with Crippen LogP contribution in [0, 0.1) is 32.6 Å². The number of hydrogen-bond donors (Lipinski definition) is 6. The fourth-order valence-electron chi connectivity index (χ4n) is 16.3. The van der Waals surface area contributed by atoms with Crippen molar-refractivity contribution in [3.63, 3.8) is 0 Å². The lowest BCUT2D eigenvalue weighted by molar-refractivity contribution is -0.135. The Bertz CT molecular complexity index is 8060. The van der Waals surface area contributed by atoms with Crippen molar-refractivity contribution >= 4 is 204 Å². The number of phenols is 3. The van der Waals surface area contributed by atoms with E-state index in [0.717, 1.165) is 94.1 Å². The quantitative estimate of drug-likeness (QED) is 0.0240. The number of carbonyl (C=O) groups excluding carboxylic acids is 10. The van der Waals surface area contributed by atoms with Crippen molar-refractivity contribution < 1.29 is 72.7 Å². The number of nitrogens with zero attached hydrogens (tertiary/aromatic N) is 15. The predicted molar refractivity (Wildman–Crippen MR) is 543 cm³/mol. The first-order valence-electron chi connectivity index (χ1n) is 44.1. The van der Waals surface area contributed by atoms with Gasteiger partial charge in [0.1, 0.15) is 53.6 Å². The highest BCUT2D eigenvalue weighted by molar-refractivity contribution is 7.21. The summed E-state index contributed by atoms with van der Waals surface area (Å²) in [5.74, 6) is -2.73. The molecule has 0 spiro atoms. The highest BCUT2D eigenvalue weighted by atomic mass is 35.5. The molecule has 2 unspecified atom stereocenters. The number of rotatable bonds is 15. The maximum absolute atomic E-state index is 13.3. The molecule has 41 heteroatoms. The number of thiazole rings is 2. The van der Waals surface area contributed by atoms with Crippen molar-refractivity contribution in [3.8, 4) is 51.5 Å². The minimum absolute atomic E-state index is 0.0780. The molecular weight excluding hydrogens is 1940 g/mol. The summed E-state index contributed by atoms with van der Waals surface area (Å²) in [6.07, 6.45) is 15.2.